The molecule has 9 rings (SSSR count). The molecular weight excluding hydrogens is 611 g/mol. The molecule has 0 N–H and O–H groups in total. The highest BCUT2D eigenvalue weighted by atomic mass is 15.0. The van der Waals surface area contributed by atoms with Crippen LogP contribution in [-0.4, -0.2) is 9.13 Å². The highest BCUT2D eigenvalue weighted by molar-refractivity contribution is 6.11. The first-order valence-corrected chi connectivity index (χ1v) is 16.3. The quantitative estimate of drug-likeness (QED) is 0.181. The second kappa shape index (κ2) is 11.4. The Hall–Kier alpha value is -7.39. The predicted molar refractivity (Wildman–Crippen MR) is 202 cm³/mol. The topological polar surface area (TPSA) is 61.8 Å². The molecule has 2 aromatic heterocycles. The summed E-state index contributed by atoms with van der Waals surface area (Å²) in [4.78, 5) is 3.71. The Morgan fingerprint density at radius 3 is 1.86 bits per heavy atom. The van der Waals surface area contributed by atoms with Crippen molar-refractivity contribution >= 4 is 49.3 Å². The monoisotopic (exact) mass is 635 g/mol. The van der Waals surface area contributed by atoms with Gasteiger partial charge in [0.2, 0.25) is 0 Å². The SMILES string of the molecule is [C-]#[N+]c1ccc2c3ccccc3n(-c3ccccc3-c3ccc(-c4ccc(-n5c6ccccc6c6cc(C#N)ccc65)cc4C#N)cc3)c2c1. The summed E-state index contributed by atoms with van der Waals surface area (Å²) in [5, 5.41) is 24.2. The highest BCUT2D eigenvalue weighted by Gasteiger charge is 2.17. The Morgan fingerprint density at radius 2 is 1.12 bits per heavy atom. The fraction of sp³-hybridized carbons (Fsp3) is 0. The maximum atomic E-state index is 10.4. The van der Waals surface area contributed by atoms with Crippen LogP contribution in [0.4, 0.5) is 5.69 Å². The van der Waals surface area contributed by atoms with Crippen LogP contribution in [0.25, 0.3) is 82.1 Å². The molecule has 0 aliphatic heterocycles. The van der Waals surface area contributed by atoms with Crippen LogP contribution in [0.15, 0.2) is 152 Å². The van der Waals surface area contributed by atoms with Gasteiger partial charge in [-0.15, -0.1) is 0 Å². The van der Waals surface area contributed by atoms with E-state index in [0.717, 1.165) is 77.2 Å². The molecule has 0 saturated heterocycles. The van der Waals surface area contributed by atoms with Gasteiger partial charge < -0.3 is 9.13 Å². The van der Waals surface area contributed by atoms with Gasteiger partial charge in [0, 0.05) is 38.3 Å². The van der Waals surface area contributed by atoms with Crippen molar-refractivity contribution in [2.75, 3.05) is 0 Å². The van der Waals surface area contributed by atoms with E-state index >= 15 is 0 Å². The highest BCUT2D eigenvalue weighted by Crippen LogP contribution is 2.39. The Kier molecular flexibility index (Phi) is 6.56. The molecule has 0 fully saturated rings. The molecule has 2 heterocycles. The Bertz CT molecular complexity index is 2960. The van der Waals surface area contributed by atoms with Crippen LogP contribution in [0.2, 0.25) is 0 Å². The molecular formula is C45H25N5. The molecule has 50 heavy (non-hydrogen) atoms. The lowest BCUT2D eigenvalue weighted by molar-refractivity contribution is 1.18. The molecule has 230 valence electrons. The Labute approximate surface area is 288 Å². The van der Waals surface area contributed by atoms with E-state index in [2.05, 4.69) is 105 Å². The standard InChI is InChI=1S/C45H25N5/c1-48-33-19-21-39-37-9-3-7-13-43(37)50(45(39)26-33)41-11-5-2-8-36(41)31-17-15-30(16-18-31)35-22-20-34(25-32(35)28-47)49-42-12-6-4-10-38(42)40-24-29(27-46)14-23-44(40)49/h2-26H. The second-order valence-corrected chi connectivity index (χ2v) is 12.3. The molecule has 0 aliphatic rings. The lowest BCUT2D eigenvalue weighted by atomic mass is 9.96. The van der Waals surface area contributed by atoms with E-state index in [1.165, 1.54) is 0 Å². The predicted octanol–water partition coefficient (Wildman–Crippen LogP) is 11.5. The third kappa shape index (κ3) is 4.38. The lowest BCUT2D eigenvalue weighted by Crippen LogP contribution is -1.97. The van der Waals surface area contributed by atoms with Gasteiger partial charge in [0.25, 0.3) is 0 Å². The molecule has 9 aromatic rings. The summed E-state index contributed by atoms with van der Waals surface area (Å²) in [6.45, 7) is 7.64. The first-order valence-electron chi connectivity index (χ1n) is 16.3. The number of nitrogens with zero attached hydrogens (tertiary/aromatic N) is 5. The van der Waals surface area contributed by atoms with Crippen LogP contribution in [0, 0.1) is 29.2 Å². The van der Waals surface area contributed by atoms with E-state index in [0.29, 0.717) is 16.8 Å². The summed E-state index contributed by atoms with van der Waals surface area (Å²) in [6.07, 6.45) is 0. The van der Waals surface area contributed by atoms with Crippen LogP contribution < -0.4 is 0 Å². The van der Waals surface area contributed by atoms with E-state index < -0.39 is 0 Å². The Morgan fingerprint density at radius 1 is 0.480 bits per heavy atom. The number of aromatic nitrogens is 2. The number of nitriles is 2. The van der Waals surface area contributed by atoms with E-state index in [4.69, 9.17) is 6.57 Å². The van der Waals surface area contributed by atoms with Gasteiger partial charge in [0.05, 0.1) is 52.1 Å². The van der Waals surface area contributed by atoms with E-state index in [1.807, 2.05) is 72.8 Å². The van der Waals surface area contributed by atoms with Crippen LogP contribution in [0.5, 0.6) is 0 Å². The zero-order valence-electron chi connectivity index (χ0n) is 26.7. The van der Waals surface area contributed by atoms with Crippen molar-refractivity contribution in [2.24, 2.45) is 0 Å². The molecule has 5 nitrogen and oxygen atoms in total. The van der Waals surface area contributed by atoms with Crippen molar-refractivity contribution in [2.45, 2.75) is 0 Å². The van der Waals surface area contributed by atoms with Crippen molar-refractivity contribution < 1.29 is 0 Å². The smallest absolute Gasteiger partial charge is 0.189 e. The summed E-state index contributed by atoms with van der Waals surface area (Å²) < 4.78 is 4.41. The number of hydrogen-bond donors (Lipinski definition) is 0. The van der Waals surface area contributed by atoms with E-state index in [9.17, 15) is 10.5 Å². The summed E-state index contributed by atoms with van der Waals surface area (Å²) in [5.41, 5.74) is 11.7. The second-order valence-electron chi connectivity index (χ2n) is 12.3. The van der Waals surface area contributed by atoms with Gasteiger partial charge in [-0.3, -0.25) is 0 Å². The number of benzene rings is 7. The van der Waals surface area contributed by atoms with Crippen molar-refractivity contribution in [3.8, 4) is 45.8 Å². The molecule has 5 heteroatoms. The molecule has 0 bridgehead atoms. The fourth-order valence-corrected chi connectivity index (χ4v) is 7.37. The van der Waals surface area contributed by atoms with Gasteiger partial charge in [0.15, 0.2) is 5.69 Å². The molecule has 0 atom stereocenters. The normalized spacial score (nSPS) is 11.1. The average molecular weight is 636 g/mol. The zero-order chi connectivity index (χ0) is 33.8. The molecule has 7 aromatic carbocycles. The summed E-state index contributed by atoms with van der Waals surface area (Å²) in [6, 6.07) is 55.6. The van der Waals surface area contributed by atoms with Gasteiger partial charge in [-0.05, 0) is 71.3 Å². The fourth-order valence-electron chi connectivity index (χ4n) is 7.37. The maximum absolute atomic E-state index is 10.4. The lowest BCUT2D eigenvalue weighted by Gasteiger charge is -2.15. The van der Waals surface area contributed by atoms with Crippen molar-refractivity contribution in [1.29, 1.82) is 10.5 Å². The van der Waals surface area contributed by atoms with Crippen molar-refractivity contribution in [1.82, 2.24) is 9.13 Å². The minimum Gasteiger partial charge on any atom is -0.310 e. The molecule has 0 unspecified atom stereocenters. The van der Waals surface area contributed by atoms with Crippen LogP contribution in [0.3, 0.4) is 0 Å². The van der Waals surface area contributed by atoms with Gasteiger partial charge in [-0.25, -0.2) is 4.85 Å². The van der Waals surface area contributed by atoms with Gasteiger partial charge in [0.1, 0.15) is 0 Å². The molecule has 0 spiro atoms. The summed E-state index contributed by atoms with van der Waals surface area (Å²) >= 11 is 0. The first-order chi connectivity index (χ1) is 24.7. The summed E-state index contributed by atoms with van der Waals surface area (Å²) in [7, 11) is 0. The first kappa shape index (κ1) is 28.8. The van der Waals surface area contributed by atoms with Gasteiger partial charge >= 0.3 is 0 Å². The molecule has 0 saturated carbocycles. The average Bonchev–Trinajstić information content (AvgIpc) is 3.69. The zero-order valence-corrected chi connectivity index (χ0v) is 26.7. The van der Waals surface area contributed by atoms with Crippen LogP contribution in [0.1, 0.15) is 11.1 Å². The van der Waals surface area contributed by atoms with Crippen LogP contribution >= 0.6 is 0 Å². The molecule has 0 aliphatic carbocycles. The molecule has 0 amide bonds. The number of hydrogen-bond acceptors (Lipinski definition) is 2. The third-order valence-corrected chi connectivity index (χ3v) is 9.62. The molecule has 0 radical (unpaired) electrons. The minimum atomic E-state index is 0.580. The largest absolute Gasteiger partial charge is 0.310 e. The van der Waals surface area contributed by atoms with Gasteiger partial charge in [-0.1, -0.05) is 97.1 Å². The third-order valence-electron chi connectivity index (χ3n) is 9.62. The Balaban J connectivity index is 1.14. The number of rotatable bonds is 4. The number of fused-ring (bicyclic) bond motifs is 6. The minimum absolute atomic E-state index is 0.580. The van der Waals surface area contributed by atoms with Crippen molar-refractivity contribution in [3.05, 3.63) is 174 Å². The number of para-hydroxylation sites is 3. The maximum Gasteiger partial charge on any atom is 0.189 e. The van der Waals surface area contributed by atoms with E-state index in [-0.39, 0.29) is 0 Å². The summed E-state index contributed by atoms with van der Waals surface area (Å²) in [5.74, 6) is 0. The van der Waals surface area contributed by atoms with Gasteiger partial charge in [-0.2, -0.15) is 10.5 Å². The van der Waals surface area contributed by atoms with Crippen LogP contribution in [-0.2, 0) is 0 Å². The van der Waals surface area contributed by atoms with Crippen molar-refractivity contribution in [3.63, 3.8) is 0 Å². The van der Waals surface area contributed by atoms with E-state index in [1.54, 1.807) is 0 Å².